The van der Waals surface area contributed by atoms with Crippen molar-refractivity contribution in [2.45, 2.75) is 53.6 Å². The second-order valence-electron chi connectivity index (χ2n) is 5.76. The number of hydrogen-bond donors (Lipinski definition) is 1. The van der Waals surface area contributed by atoms with Crippen molar-refractivity contribution in [3.8, 4) is 0 Å². The van der Waals surface area contributed by atoms with Crippen LogP contribution in [0.5, 0.6) is 0 Å². The van der Waals surface area contributed by atoms with Crippen molar-refractivity contribution in [1.29, 1.82) is 0 Å². The normalized spacial score (nSPS) is 15.9. The molecule has 0 rings (SSSR count). The molecule has 0 spiro atoms. The molecule has 0 aromatic heterocycles. The van der Waals surface area contributed by atoms with Gasteiger partial charge in [0.25, 0.3) is 0 Å². The van der Waals surface area contributed by atoms with Crippen molar-refractivity contribution in [2.24, 2.45) is 11.3 Å². The predicted octanol–water partition coefficient (Wildman–Crippen LogP) is 2.86. The lowest BCUT2D eigenvalue weighted by Crippen LogP contribution is -2.36. The molecule has 0 bridgehead atoms. The van der Waals surface area contributed by atoms with Crippen molar-refractivity contribution >= 4 is 0 Å². The molecule has 3 heteroatoms. The van der Waals surface area contributed by atoms with Gasteiger partial charge in [-0.15, -0.1) is 0 Å². The van der Waals surface area contributed by atoms with E-state index in [1.807, 2.05) is 0 Å². The molecule has 0 radical (unpaired) electrons. The Morgan fingerprint density at radius 2 is 1.76 bits per heavy atom. The smallest absolute Gasteiger partial charge is 0.0704 e. The van der Waals surface area contributed by atoms with Gasteiger partial charge in [-0.25, -0.2) is 0 Å². The van der Waals surface area contributed by atoms with Gasteiger partial charge in [-0.1, -0.05) is 41.0 Å². The fourth-order valence-corrected chi connectivity index (χ4v) is 2.28. The fourth-order valence-electron chi connectivity index (χ4n) is 2.28. The quantitative estimate of drug-likeness (QED) is 0.636. The molecule has 0 fully saturated rings. The van der Waals surface area contributed by atoms with E-state index in [-0.39, 0.29) is 18.1 Å². The van der Waals surface area contributed by atoms with Gasteiger partial charge >= 0.3 is 0 Å². The molecule has 0 aromatic carbocycles. The van der Waals surface area contributed by atoms with Gasteiger partial charge in [-0.3, -0.25) is 0 Å². The summed E-state index contributed by atoms with van der Waals surface area (Å²) >= 11 is 0. The van der Waals surface area contributed by atoms with E-state index >= 15 is 0 Å². The van der Waals surface area contributed by atoms with E-state index in [1.54, 1.807) is 0 Å². The summed E-state index contributed by atoms with van der Waals surface area (Å²) in [5.41, 5.74) is 0.158. The minimum absolute atomic E-state index is 0.0783. The van der Waals surface area contributed by atoms with Crippen molar-refractivity contribution in [1.82, 2.24) is 0 Å². The van der Waals surface area contributed by atoms with Crippen molar-refractivity contribution in [2.75, 3.05) is 26.4 Å². The molecule has 1 N–H and O–H groups in total. The first-order valence-corrected chi connectivity index (χ1v) is 6.73. The van der Waals surface area contributed by atoms with Gasteiger partial charge in [0.05, 0.1) is 32.5 Å². The van der Waals surface area contributed by atoms with E-state index in [4.69, 9.17) is 14.6 Å². The maximum atomic E-state index is 8.60. The summed E-state index contributed by atoms with van der Waals surface area (Å²) in [6, 6.07) is 0. The van der Waals surface area contributed by atoms with Gasteiger partial charge < -0.3 is 14.6 Å². The van der Waals surface area contributed by atoms with E-state index in [9.17, 15) is 0 Å². The average Bonchev–Trinajstić information content (AvgIpc) is 2.21. The summed E-state index contributed by atoms with van der Waals surface area (Å²) < 4.78 is 11.2. The molecule has 3 nitrogen and oxygen atoms in total. The van der Waals surface area contributed by atoms with Gasteiger partial charge in [-0.2, -0.15) is 0 Å². The van der Waals surface area contributed by atoms with Crippen molar-refractivity contribution < 1.29 is 14.6 Å². The topological polar surface area (TPSA) is 38.7 Å². The first kappa shape index (κ1) is 16.9. The summed E-state index contributed by atoms with van der Waals surface area (Å²) in [4.78, 5) is 0. The van der Waals surface area contributed by atoms with Crippen LogP contribution in [-0.2, 0) is 9.47 Å². The second-order valence-corrected chi connectivity index (χ2v) is 5.76. The number of aliphatic hydroxyl groups is 1. The lowest BCUT2D eigenvalue weighted by molar-refractivity contribution is -0.0729. The van der Waals surface area contributed by atoms with Crippen LogP contribution in [0, 0.1) is 11.3 Å². The van der Waals surface area contributed by atoms with Crippen LogP contribution >= 0.6 is 0 Å². The Morgan fingerprint density at radius 1 is 1.12 bits per heavy atom. The van der Waals surface area contributed by atoms with Crippen LogP contribution in [0.15, 0.2) is 0 Å². The van der Waals surface area contributed by atoms with Crippen molar-refractivity contribution in [3.63, 3.8) is 0 Å². The predicted molar refractivity (Wildman–Crippen MR) is 71.2 cm³/mol. The molecule has 2 atom stereocenters. The van der Waals surface area contributed by atoms with Crippen LogP contribution in [0.1, 0.15) is 47.5 Å². The third-order valence-electron chi connectivity index (χ3n) is 2.88. The number of hydrogen-bond acceptors (Lipinski definition) is 3. The van der Waals surface area contributed by atoms with Gasteiger partial charge in [-0.05, 0) is 17.8 Å². The van der Waals surface area contributed by atoms with E-state index in [0.29, 0.717) is 25.7 Å². The highest BCUT2D eigenvalue weighted by atomic mass is 16.5. The van der Waals surface area contributed by atoms with E-state index < -0.39 is 0 Å². The molecule has 0 saturated carbocycles. The SMILES string of the molecule is CCCC(C)C(OCCOCCO)C(C)(C)C. The van der Waals surface area contributed by atoms with E-state index in [2.05, 4.69) is 34.6 Å². The largest absolute Gasteiger partial charge is 0.394 e. The number of aliphatic hydroxyl groups excluding tert-OH is 1. The summed E-state index contributed by atoms with van der Waals surface area (Å²) in [6.45, 7) is 12.8. The monoisotopic (exact) mass is 246 g/mol. The minimum Gasteiger partial charge on any atom is -0.394 e. The first-order chi connectivity index (χ1) is 7.93. The lowest BCUT2D eigenvalue weighted by Gasteiger charge is -2.35. The van der Waals surface area contributed by atoms with Gasteiger partial charge in [0.1, 0.15) is 0 Å². The Balaban J connectivity index is 4.03. The second kappa shape index (κ2) is 8.90. The molecule has 0 aromatic rings. The van der Waals surface area contributed by atoms with Crippen LogP contribution < -0.4 is 0 Å². The summed E-state index contributed by atoms with van der Waals surface area (Å²) in [5.74, 6) is 0.567. The fraction of sp³-hybridized carbons (Fsp3) is 1.00. The Labute approximate surface area is 107 Å². The molecule has 0 aliphatic heterocycles. The van der Waals surface area contributed by atoms with Gasteiger partial charge in [0.15, 0.2) is 0 Å². The number of rotatable bonds is 9. The summed E-state index contributed by atoms with van der Waals surface area (Å²) in [6.07, 6.45) is 2.65. The molecule has 17 heavy (non-hydrogen) atoms. The summed E-state index contributed by atoms with van der Waals surface area (Å²) in [5, 5.41) is 8.60. The molecule has 104 valence electrons. The maximum Gasteiger partial charge on any atom is 0.0704 e. The average molecular weight is 246 g/mol. The van der Waals surface area contributed by atoms with Crippen LogP contribution in [0.3, 0.4) is 0 Å². The van der Waals surface area contributed by atoms with Gasteiger partial charge in [0.2, 0.25) is 0 Å². The Hall–Kier alpha value is -0.120. The van der Waals surface area contributed by atoms with Crippen LogP contribution in [0.2, 0.25) is 0 Å². The molecule has 0 amide bonds. The molecule has 0 saturated heterocycles. The molecule has 2 unspecified atom stereocenters. The number of ether oxygens (including phenoxy) is 2. The molecule has 0 aliphatic rings. The Bertz CT molecular complexity index is 175. The standard InChI is InChI=1S/C14H30O3/c1-6-7-12(2)13(14(3,4)5)17-11-10-16-9-8-15/h12-13,15H,6-11H2,1-5H3. The first-order valence-electron chi connectivity index (χ1n) is 6.73. The Kier molecular flexibility index (Phi) is 8.83. The maximum absolute atomic E-state index is 8.60. The zero-order valence-corrected chi connectivity index (χ0v) is 12.2. The third-order valence-corrected chi connectivity index (χ3v) is 2.88. The highest BCUT2D eigenvalue weighted by Gasteiger charge is 2.29. The highest BCUT2D eigenvalue weighted by Crippen LogP contribution is 2.30. The Morgan fingerprint density at radius 3 is 2.24 bits per heavy atom. The van der Waals surface area contributed by atoms with Crippen LogP contribution in [0.4, 0.5) is 0 Å². The van der Waals surface area contributed by atoms with Crippen LogP contribution in [-0.4, -0.2) is 37.6 Å². The summed E-state index contributed by atoms with van der Waals surface area (Å²) in [7, 11) is 0. The van der Waals surface area contributed by atoms with E-state index in [0.717, 1.165) is 0 Å². The zero-order valence-electron chi connectivity index (χ0n) is 12.2. The minimum atomic E-state index is 0.0783. The molecular weight excluding hydrogens is 216 g/mol. The molecular formula is C14H30O3. The molecule has 0 heterocycles. The molecule has 0 aliphatic carbocycles. The van der Waals surface area contributed by atoms with Gasteiger partial charge in [0, 0.05) is 0 Å². The highest BCUT2D eigenvalue weighted by molar-refractivity contribution is 4.79. The van der Waals surface area contributed by atoms with Crippen molar-refractivity contribution in [3.05, 3.63) is 0 Å². The zero-order chi connectivity index (χ0) is 13.3. The lowest BCUT2D eigenvalue weighted by atomic mass is 9.80. The third kappa shape index (κ3) is 7.74. The van der Waals surface area contributed by atoms with E-state index in [1.165, 1.54) is 12.8 Å². The van der Waals surface area contributed by atoms with Crippen LogP contribution in [0.25, 0.3) is 0 Å².